The van der Waals surface area contributed by atoms with Gasteiger partial charge in [0.25, 0.3) is 0 Å². The van der Waals surface area contributed by atoms with Crippen molar-refractivity contribution in [2.45, 2.75) is 26.3 Å². The fourth-order valence-corrected chi connectivity index (χ4v) is 2.36. The largest absolute Gasteiger partial charge is 0.356 e. The highest BCUT2D eigenvalue weighted by molar-refractivity contribution is 7.07. The smallest absolute Gasteiger partial charge is 0.243 e. The van der Waals surface area contributed by atoms with Crippen LogP contribution in [0.25, 0.3) is 0 Å². The fraction of sp³-hybridized carbons (Fsp3) is 0.600. The second kappa shape index (κ2) is 9.39. The Kier molecular flexibility index (Phi) is 7.82. The van der Waals surface area contributed by atoms with Crippen molar-refractivity contribution in [3.8, 4) is 0 Å². The molecule has 1 amide bonds. The number of hydrogen-bond acceptors (Lipinski definition) is 3. The van der Waals surface area contributed by atoms with Gasteiger partial charge >= 0.3 is 0 Å². The predicted octanol–water partition coefficient (Wildman–Crippen LogP) is 2.01. The summed E-state index contributed by atoms with van der Waals surface area (Å²) in [5.74, 6) is 0.790. The summed E-state index contributed by atoms with van der Waals surface area (Å²) in [6, 6.07) is 2.11. The maximum Gasteiger partial charge on any atom is 0.243 e. The van der Waals surface area contributed by atoms with Crippen LogP contribution in [0.4, 0.5) is 0 Å². The van der Waals surface area contributed by atoms with Crippen LogP contribution >= 0.6 is 11.3 Å². The van der Waals surface area contributed by atoms with E-state index >= 15 is 0 Å². The molecule has 0 saturated carbocycles. The number of hydrogen-bond donors (Lipinski definition) is 1. The molecule has 0 aliphatic carbocycles. The first kappa shape index (κ1) is 17.5. The Bertz CT molecular complexity index is 443. The second-order valence-corrected chi connectivity index (χ2v) is 5.98. The first-order valence-corrected chi connectivity index (χ1v) is 8.19. The SMILES string of the molecule is CCCCNC(=NCC(=O)N(C)C)N(C)Cc1ccsc1. The average molecular weight is 310 g/mol. The summed E-state index contributed by atoms with van der Waals surface area (Å²) in [4.78, 5) is 19.7. The van der Waals surface area contributed by atoms with Crippen molar-refractivity contribution in [2.24, 2.45) is 4.99 Å². The van der Waals surface area contributed by atoms with Crippen LogP contribution in [0, 0.1) is 0 Å². The Balaban J connectivity index is 2.65. The summed E-state index contributed by atoms with van der Waals surface area (Å²) in [6.07, 6.45) is 2.22. The summed E-state index contributed by atoms with van der Waals surface area (Å²) >= 11 is 1.69. The summed E-state index contributed by atoms with van der Waals surface area (Å²) in [5.41, 5.74) is 1.26. The lowest BCUT2D eigenvalue weighted by molar-refractivity contribution is -0.127. The second-order valence-electron chi connectivity index (χ2n) is 5.20. The van der Waals surface area contributed by atoms with Gasteiger partial charge in [0.1, 0.15) is 6.54 Å². The molecule has 21 heavy (non-hydrogen) atoms. The topological polar surface area (TPSA) is 47.9 Å². The number of likely N-dealkylation sites (N-methyl/N-ethyl adjacent to an activating group) is 1. The van der Waals surface area contributed by atoms with Gasteiger partial charge in [-0.05, 0) is 28.8 Å². The molecule has 0 fully saturated rings. The van der Waals surface area contributed by atoms with Crippen LogP contribution in [0.5, 0.6) is 0 Å². The Hall–Kier alpha value is -1.56. The lowest BCUT2D eigenvalue weighted by atomic mass is 10.3. The van der Waals surface area contributed by atoms with Crippen molar-refractivity contribution < 1.29 is 4.79 Å². The lowest BCUT2D eigenvalue weighted by Gasteiger charge is -2.22. The minimum absolute atomic E-state index is 0.00808. The monoisotopic (exact) mass is 310 g/mol. The zero-order chi connectivity index (χ0) is 15.7. The van der Waals surface area contributed by atoms with Gasteiger partial charge in [0, 0.05) is 34.2 Å². The first-order valence-electron chi connectivity index (χ1n) is 7.25. The maximum atomic E-state index is 11.7. The fourth-order valence-electron chi connectivity index (χ4n) is 1.70. The first-order chi connectivity index (χ1) is 10.0. The van der Waals surface area contributed by atoms with E-state index in [1.54, 1.807) is 30.3 Å². The Morgan fingerprint density at radius 3 is 2.71 bits per heavy atom. The number of unbranched alkanes of at least 4 members (excludes halogenated alkanes) is 1. The summed E-state index contributed by atoms with van der Waals surface area (Å²) < 4.78 is 0. The van der Waals surface area contributed by atoms with Crippen molar-refractivity contribution in [2.75, 3.05) is 34.2 Å². The minimum Gasteiger partial charge on any atom is -0.356 e. The molecule has 1 N–H and O–H groups in total. The zero-order valence-corrected chi connectivity index (χ0v) is 14.2. The number of rotatable bonds is 7. The number of carbonyl (C=O) groups is 1. The van der Waals surface area contributed by atoms with Crippen molar-refractivity contribution >= 4 is 23.2 Å². The zero-order valence-electron chi connectivity index (χ0n) is 13.4. The molecule has 0 bridgehead atoms. The van der Waals surface area contributed by atoms with E-state index in [1.807, 2.05) is 7.05 Å². The average Bonchev–Trinajstić information content (AvgIpc) is 2.94. The van der Waals surface area contributed by atoms with Crippen molar-refractivity contribution in [3.63, 3.8) is 0 Å². The standard InChI is InChI=1S/C15H26N4OS/c1-5-6-8-16-15(17-10-14(20)18(2)3)19(4)11-13-7-9-21-12-13/h7,9,12H,5-6,8,10-11H2,1-4H3,(H,16,17). The third-order valence-electron chi connectivity index (χ3n) is 3.04. The van der Waals surface area contributed by atoms with Gasteiger partial charge < -0.3 is 15.1 Å². The molecule has 0 saturated heterocycles. The number of guanidine groups is 1. The molecule has 5 nitrogen and oxygen atoms in total. The molecule has 0 unspecified atom stereocenters. The number of nitrogens with one attached hydrogen (secondary N) is 1. The van der Waals surface area contributed by atoms with Crippen LogP contribution in [-0.2, 0) is 11.3 Å². The van der Waals surface area contributed by atoms with Crippen LogP contribution in [-0.4, -0.2) is 55.9 Å². The highest BCUT2D eigenvalue weighted by Crippen LogP contribution is 2.08. The molecule has 0 radical (unpaired) electrons. The predicted molar refractivity (Wildman–Crippen MR) is 89.7 cm³/mol. The molecule has 0 spiro atoms. The van der Waals surface area contributed by atoms with Crippen LogP contribution in [0.3, 0.4) is 0 Å². The minimum atomic E-state index is 0.00808. The summed E-state index contributed by atoms with van der Waals surface area (Å²) in [6.45, 7) is 4.00. The van der Waals surface area contributed by atoms with Gasteiger partial charge in [-0.25, -0.2) is 4.99 Å². The Morgan fingerprint density at radius 2 is 2.14 bits per heavy atom. The summed E-state index contributed by atoms with van der Waals surface area (Å²) in [7, 11) is 5.49. The highest BCUT2D eigenvalue weighted by atomic mass is 32.1. The van der Waals surface area contributed by atoms with Crippen LogP contribution < -0.4 is 5.32 Å². The number of nitrogens with zero attached hydrogens (tertiary/aromatic N) is 3. The number of thiophene rings is 1. The van der Waals surface area contributed by atoms with E-state index in [2.05, 4.69) is 39.0 Å². The normalized spacial score (nSPS) is 11.3. The molecule has 1 aromatic rings. The van der Waals surface area contributed by atoms with Gasteiger partial charge in [-0.15, -0.1) is 0 Å². The summed E-state index contributed by atoms with van der Waals surface area (Å²) in [5, 5.41) is 7.54. The van der Waals surface area contributed by atoms with Crippen molar-refractivity contribution in [3.05, 3.63) is 22.4 Å². The molecule has 1 aromatic heterocycles. The number of amides is 1. The van der Waals surface area contributed by atoms with Crippen LogP contribution in [0.2, 0.25) is 0 Å². The molecule has 0 aromatic carbocycles. The number of aliphatic imine (C=N–C) groups is 1. The molecule has 118 valence electrons. The van der Waals surface area contributed by atoms with E-state index in [9.17, 15) is 4.79 Å². The van der Waals surface area contributed by atoms with E-state index in [1.165, 1.54) is 5.56 Å². The third-order valence-corrected chi connectivity index (χ3v) is 3.77. The van der Waals surface area contributed by atoms with Crippen LogP contribution in [0.1, 0.15) is 25.3 Å². The lowest BCUT2D eigenvalue weighted by Crippen LogP contribution is -2.40. The highest BCUT2D eigenvalue weighted by Gasteiger charge is 2.09. The Morgan fingerprint density at radius 1 is 1.38 bits per heavy atom. The van der Waals surface area contributed by atoms with E-state index in [0.29, 0.717) is 0 Å². The maximum absolute atomic E-state index is 11.7. The molecular weight excluding hydrogens is 284 g/mol. The van der Waals surface area contributed by atoms with Crippen molar-refractivity contribution in [1.29, 1.82) is 0 Å². The van der Waals surface area contributed by atoms with E-state index < -0.39 is 0 Å². The van der Waals surface area contributed by atoms with Gasteiger partial charge in [0.2, 0.25) is 5.91 Å². The molecule has 6 heteroatoms. The number of carbonyl (C=O) groups excluding carboxylic acids is 1. The Labute approximate surface area is 131 Å². The van der Waals surface area contributed by atoms with E-state index in [4.69, 9.17) is 0 Å². The van der Waals surface area contributed by atoms with Gasteiger partial charge in [-0.3, -0.25) is 4.79 Å². The van der Waals surface area contributed by atoms with Gasteiger partial charge in [0.15, 0.2) is 5.96 Å². The molecule has 0 aliphatic rings. The molecule has 0 atom stereocenters. The molecular formula is C15H26N4OS. The van der Waals surface area contributed by atoms with Gasteiger partial charge in [-0.2, -0.15) is 11.3 Å². The van der Waals surface area contributed by atoms with Crippen LogP contribution in [0.15, 0.2) is 21.8 Å². The molecule has 0 aliphatic heterocycles. The quantitative estimate of drug-likeness (QED) is 0.476. The van der Waals surface area contributed by atoms with Crippen molar-refractivity contribution in [1.82, 2.24) is 15.1 Å². The van der Waals surface area contributed by atoms with E-state index in [0.717, 1.165) is 31.9 Å². The van der Waals surface area contributed by atoms with Gasteiger partial charge in [-0.1, -0.05) is 13.3 Å². The molecule has 1 rings (SSSR count). The third kappa shape index (κ3) is 6.62. The van der Waals surface area contributed by atoms with E-state index in [-0.39, 0.29) is 12.5 Å². The molecule has 1 heterocycles. The van der Waals surface area contributed by atoms with Gasteiger partial charge in [0.05, 0.1) is 0 Å².